The Bertz CT molecular complexity index is 377. The van der Waals surface area contributed by atoms with Crippen molar-refractivity contribution in [3.63, 3.8) is 0 Å². The van der Waals surface area contributed by atoms with E-state index in [-0.39, 0.29) is 17.8 Å². The molecule has 1 N–H and O–H groups in total. The van der Waals surface area contributed by atoms with E-state index >= 15 is 0 Å². The van der Waals surface area contributed by atoms with Crippen molar-refractivity contribution in [1.29, 1.82) is 0 Å². The lowest BCUT2D eigenvalue weighted by Gasteiger charge is -2.16. The molecule has 1 aliphatic rings. The van der Waals surface area contributed by atoms with Crippen LogP contribution >= 0.6 is 15.9 Å². The molecular weight excluding hydrogens is 270 g/mol. The number of benzene rings is 1. The van der Waals surface area contributed by atoms with Gasteiger partial charge < -0.3 is 10.1 Å². The van der Waals surface area contributed by atoms with Crippen LogP contribution in [0.15, 0.2) is 28.7 Å². The molecule has 1 fully saturated rings. The highest BCUT2D eigenvalue weighted by molar-refractivity contribution is 9.10. The molecule has 3 nitrogen and oxygen atoms in total. The quantitative estimate of drug-likeness (QED) is 0.843. The smallest absolute Gasteiger partial charge is 0.310 e. The van der Waals surface area contributed by atoms with Gasteiger partial charge in [-0.15, -0.1) is 0 Å². The van der Waals surface area contributed by atoms with Crippen LogP contribution in [0.2, 0.25) is 0 Å². The molecule has 2 atom stereocenters. The Balaban J connectivity index is 2.19. The Morgan fingerprint density at radius 2 is 2.06 bits per heavy atom. The number of ether oxygens (including phenoxy) is 1. The molecule has 0 bridgehead atoms. The molecule has 0 aliphatic carbocycles. The van der Waals surface area contributed by atoms with Crippen molar-refractivity contribution >= 4 is 21.9 Å². The van der Waals surface area contributed by atoms with Crippen LogP contribution < -0.4 is 5.32 Å². The standard InChI is InChI=1S/C12H14BrNO2/c1-16-12(15)11-7-14-6-10(11)8-2-4-9(13)5-3-8/h2-5,10-11,14H,6-7H2,1H3/t10-,11-/m0/s1. The lowest BCUT2D eigenvalue weighted by molar-refractivity contribution is -0.145. The van der Waals surface area contributed by atoms with Gasteiger partial charge in [-0.2, -0.15) is 0 Å². The van der Waals surface area contributed by atoms with Crippen molar-refractivity contribution in [1.82, 2.24) is 5.32 Å². The van der Waals surface area contributed by atoms with E-state index in [9.17, 15) is 4.79 Å². The Kier molecular flexibility index (Phi) is 3.61. The monoisotopic (exact) mass is 283 g/mol. The minimum atomic E-state index is -0.127. The van der Waals surface area contributed by atoms with Crippen LogP contribution in [0, 0.1) is 5.92 Å². The zero-order chi connectivity index (χ0) is 11.5. The number of carbonyl (C=O) groups excluding carboxylic acids is 1. The maximum Gasteiger partial charge on any atom is 0.310 e. The predicted octanol–water partition coefficient (Wildman–Crippen LogP) is 1.93. The van der Waals surface area contributed by atoms with Crippen LogP contribution in [-0.2, 0) is 9.53 Å². The number of methoxy groups -OCH3 is 1. The van der Waals surface area contributed by atoms with Crippen molar-refractivity contribution in [2.24, 2.45) is 5.92 Å². The average Bonchev–Trinajstić information content (AvgIpc) is 2.78. The molecular formula is C12H14BrNO2. The number of rotatable bonds is 2. The summed E-state index contributed by atoms with van der Waals surface area (Å²) >= 11 is 3.40. The number of halogens is 1. The summed E-state index contributed by atoms with van der Waals surface area (Å²) < 4.78 is 5.87. The number of carbonyl (C=O) groups is 1. The summed E-state index contributed by atoms with van der Waals surface area (Å²) in [5.74, 6) is 0.0321. The van der Waals surface area contributed by atoms with Crippen molar-refractivity contribution in [2.75, 3.05) is 20.2 Å². The van der Waals surface area contributed by atoms with E-state index in [1.54, 1.807) is 0 Å². The van der Waals surface area contributed by atoms with Gasteiger partial charge in [0.05, 0.1) is 13.0 Å². The van der Waals surface area contributed by atoms with E-state index in [0.717, 1.165) is 11.0 Å². The molecule has 0 aromatic heterocycles. The van der Waals surface area contributed by atoms with E-state index in [0.29, 0.717) is 6.54 Å². The van der Waals surface area contributed by atoms with E-state index in [2.05, 4.69) is 33.4 Å². The normalized spacial score (nSPS) is 24.4. The molecule has 1 heterocycles. The average molecular weight is 284 g/mol. The third-order valence-corrected chi connectivity index (χ3v) is 3.54. The lowest BCUT2D eigenvalue weighted by atomic mass is 9.89. The van der Waals surface area contributed by atoms with Crippen LogP contribution in [0.4, 0.5) is 0 Å². The van der Waals surface area contributed by atoms with E-state index < -0.39 is 0 Å². The molecule has 16 heavy (non-hydrogen) atoms. The molecule has 86 valence electrons. The summed E-state index contributed by atoms with van der Waals surface area (Å²) in [5, 5.41) is 3.24. The van der Waals surface area contributed by atoms with Crippen LogP contribution in [0.5, 0.6) is 0 Å². The molecule has 1 saturated heterocycles. The Hall–Kier alpha value is -0.870. The molecule has 4 heteroatoms. The van der Waals surface area contributed by atoms with Gasteiger partial charge in [-0.3, -0.25) is 4.79 Å². The van der Waals surface area contributed by atoms with Gasteiger partial charge in [0.25, 0.3) is 0 Å². The Morgan fingerprint density at radius 3 is 2.69 bits per heavy atom. The lowest BCUT2D eigenvalue weighted by Crippen LogP contribution is -2.22. The van der Waals surface area contributed by atoms with Gasteiger partial charge in [-0.05, 0) is 17.7 Å². The van der Waals surface area contributed by atoms with E-state index in [4.69, 9.17) is 4.74 Å². The van der Waals surface area contributed by atoms with Crippen LogP contribution in [0.1, 0.15) is 11.5 Å². The second-order valence-corrected chi connectivity index (χ2v) is 4.86. The Morgan fingerprint density at radius 1 is 1.38 bits per heavy atom. The third-order valence-electron chi connectivity index (χ3n) is 3.02. The van der Waals surface area contributed by atoms with Crippen molar-refractivity contribution < 1.29 is 9.53 Å². The van der Waals surface area contributed by atoms with Gasteiger partial charge in [-0.1, -0.05) is 28.1 Å². The van der Waals surface area contributed by atoms with Crippen molar-refractivity contribution in [3.05, 3.63) is 34.3 Å². The van der Waals surface area contributed by atoms with Crippen LogP contribution in [0.3, 0.4) is 0 Å². The highest BCUT2D eigenvalue weighted by Crippen LogP contribution is 2.29. The SMILES string of the molecule is COC(=O)[C@H]1CNC[C@H]1c1ccc(Br)cc1. The van der Waals surface area contributed by atoms with Gasteiger partial charge >= 0.3 is 5.97 Å². The zero-order valence-electron chi connectivity index (χ0n) is 9.07. The molecule has 1 aromatic carbocycles. The molecule has 2 rings (SSSR count). The minimum absolute atomic E-state index is 0.0637. The fourth-order valence-electron chi connectivity index (χ4n) is 2.14. The molecule has 0 amide bonds. The maximum atomic E-state index is 11.6. The van der Waals surface area contributed by atoms with Gasteiger partial charge in [0, 0.05) is 23.5 Å². The highest BCUT2D eigenvalue weighted by Gasteiger charge is 2.34. The second kappa shape index (κ2) is 4.97. The van der Waals surface area contributed by atoms with E-state index in [1.165, 1.54) is 12.7 Å². The van der Waals surface area contributed by atoms with Crippen molar-refractivity contribution in [3.8, 4) is 0 Å². The van der Waals surface area contributed by atoms with Gasteiger partial charge in [-0.25, -0.2) is 0 Å². The topological polar surface area (TPSA) is 38.3 Å². The molecule has 1 aliphatic heterocycles. The fourth-order valence-corrected chi connectivity index (χ4v) is 2.40. The first-order valence-electron chi connectivity index (χ1n) is 5.26. The molecule has 0 radical (unpaired) electrons. The summed E-state index contributed by atoms with van der Waals surface area (Å²) in [6.45, 7) is 1.54. The summed E-state index contributed by atoms with van der Waals surface area (Å²) in [4.78, 5) is 11.6. The first-order chi connectivity index (χ1) is 7.72. The molecule has 0 saturated carbocycles. The number of hydrogen-bond acceptors (Lipinski definition) is 3. The van der Waals surface area contributed by atoms with Gasteiger partial charge in [0.1, 0.15) is 0 Å². The summed E-state index contributed by atoms with van der Waals surface area (Å²) in [5.41, 5.74) is 1.18. The summed E-state index contributed by atoms with van der Waals surface area (Å²) in [6, 6.07) is 8.11. The first-order valence-corrected chi connectivity index (χ1v) is 6.05. The molecule has 0 spiro atoms. The minimum Gasteiger partial charge on any atom is -0.469 e. The number of esters is 1. The summed E-state index contributed by atoms with van der Waals surface area (Å²) in [6.07, 6.45) is 0. The van der Waals surface area contributed by atoms with E-state index in [1.807, 2.05) is 12.1 Å². The Labute approximate surface area is 103 Å². The highest BCUT2D eigenvalue weighted by atomic mass is 79.9. The fraction of sp³-hybridized carbons (Fsp3) is 0.417. The molecule has 1 aromatic rings. The van der Waals surface area contributed by atoms with Gasteiger partial charge in [0.2, 0.25) is 0 Å². The first kappa shape index (κ1) is 11.6. The third kappa shape index (κ3) is 2.28. The molecule has 0 unspecified atom stereocenters. The van der Waals surface area contributed by atoms with Crippen molar-refractivity contribution in [2.45, 2.75) is 5.92 Å². The predicted molar refractivity (Wildman–Crippen MR) is 65.3 cm³/mol. The zero-order valence-corrected chi connectivity index (χ0v) is 10.7. The number of nitrogens with one attached hydrogen (secondary N) is 1. The number of hydrogen-bond donors (Lipinski definition) is 1. The van der Waals surface area contributed by atoms with Gasteiger partial charge in [0.15, 0.2) is 0 Å². The second-order valence-electron chi connectivity index (χ2n) is 3.95. The van der Waals surface area contributed by atoms with Crippen LogP contribution in [0.25, 0.3) is 0 Å². The largest absolute Gasteiger partial charge is 0.469 e. The van der Waals surface area contributed by atoms with Crippen LogP contribution in [-0.4, -0.2) is 26.2 Å². The maximum absolute atomic E-state index is 11.6. The summed E-state index contributed by atoms with van der Waals surface area (Å²) in [7, 11) is 1.44.